The number of rotatable bonds is 6. The Morgan fingerprint density at radius 3 is 2.68 bits per heavy atom. The van der Waals surface area contributed by atoms with Crippen molar-refractivity contribution in [2.45, 2.75) is 42.4 Å². The molecule has 0 unspecified atom stereocenters. The van der Waals surface area contributed by atoms with Gasteiger partial charge >= 0.3 is 0 Å². The Labute approximate surface area is 117 Å². The van der Waals surface area contributed by atoms with Crippen molar-refractivity contribution in [1.82, 2.24) is 14.9 Å². The molecule has 1 aliphatic rings. The molecule has 2 rings (SSSR count). The van der Waals surface area contributed by atoms with Crippen molar-refractivity contribution in [1.29, 1.82) is 0 Å². The second-order valence-corrected chi connectivity index (χ2v) is 7.83. The van der Waals surface area contributed by atoms with E-state index < -0.39 is 16.6 Å². The summed E-state index contributed by atoms with van der Waals surface area (Å²) in [6.07, 6.45) is 5.23. The number of aryl methyl sites for hydroxylation is 1. The van der Waals surface area contributed by atoms with Gasteiger partial charge in [0.15, 0.2) is 0 Å². The molecule has 3 N–H and O–H groups in total. The van der Waals surface area contributed by atoms with Crippen LogP contribution in [0.1, 0.15) is 30.7 Å². The molecule has 1 aromatic rings. The first-order valence-corrected chi connectivity index (χ1v) is 8.84. The van der Waals surface area contributed by atoms with Crippen molar-refractivity contribution >= 4 is 21.8 Å². The van der Waals surface area contributed by atoms with Crippen molar-refractivity contribution in [2.24, 2.45) is 0 Å². The molecule has 0 radical (unpaired) electrons. The molecule has 0 spiro atoms. The second kappa shape index (κ2) is 5.43. The molecule has 1 heterocycles. The number of nitrogens with one attached hydrogen (secondary N) is 2. The van der Waals surface area contributed by atoms with E-state index in [1.54, 1.807) is 18.7 Å². The van der Waals surface area contributed by atoms with Crippen molar-refractivity contribution in [2.75, 3.05) is 12.8 Å². The first-order valence-electron chi connectivity index (χ1n) is 6.14. The highest BCUT2D eigenvalue weighted by Gasteiger charge is 2.37. The lowest BCUT2D eigenvalue weighted by Gasteiger charge is -2.40. The van der Waals surface area contributed by atoms with E-state index in [-0.39, 0.29) is 15.3 Å². The average molecular weight is 305 g/mol. The minimum atomic E-state index is -3.63. The van der Waals surface area contributed by atoms with Gasteiger partial charge in [-0.2, -0.15) is 16.9 Å². The molecule has 1 aliphatic carbocycles. The van der Waals surface area contributed by atoms with E-state index in [9.17, 15) is 8.42 Å². The Morgan fingerprint density at radius 2 is 2.21 bits per heavy atom. The normalized spacial score (nSPS) is 18.3. The summed E-state index contributed by atoms with van der Waals surface area (Å²) < 4.78 is 27.3. The van der Waals surface area contributed by atoms with Gasteiger partial charge in [-0.25, -0.2) is 13.1 Å². The molecule has 0 bridgehead atoms. The Kier molecular flexibility index (Phi) is 4.24. The van der Waals surface area contributed by atoms with Crippen molar-refractivity contribution in [3.8, 4) is 0 Å². The number of thioether (sulfide) groups is 1. The molecule has 0 aromatic carbocycles. The summed E-state index contributed by atoms with van der Waals surface area (Å²) in [5.41, 5.74) is 0.611. The van der Waals surface area contributed by atoms with Crippen LogP contribution in [0.2, 0.25) is 0 Å². The van der Waals surface area contributed by atoms with E-state index in [4.69, 9.17) is 5.11 Å². The number of aromatic nitrogens is 2. The molecule has 1 saturated carbocycles. The molecular formula is C11H19N3O3S2. The zero-order chi connectivity index (χ0) is 14.1. The quantitative estimate of drug-likeness (QED) is 0.722. The van der Waals surface area contributed by atoms with Gasteiger partial charge in [0.2, 0.25) is 10.0 Å². The maximum Gasteiger partial charge on any atom is 0.244 e. The standard InChI is InChI=1S/C11H19N3O3S2/c1-8-10(9(6-15)14-13-8)19(16,17)12-7-11(18-2)4-3-5-11/h12,15H,3-7H2,1-2H3,(H,13,14). The number of aromatic amines is 1. The largest absolute Gasteiger partial charge is 0.390 e. The Bertz CT molecular complexity index is 544. The molecule has 1 fully saturated rings. The second-order valence-electron chi connectivity index (χ2n) is 4.85. The average Bonchev–Trinajstić information content (AvgIpc) is 2.70. The summed E-state index contributed by atoms with van der Waals surface area (Å²) in [6.45, 7) is 1.66. The van der Waals surface area contributed by atoms with Crippen LogP contribution in [0, 0.1) is 6.92 Å². The molecule has 0 atom stereocenters. The van der Waals surface area contributed by atoms with Gasteiger partial charge in [-0.1, -0.05) is 6.42 Å². The molecule has 108 valence electrons. The van der Waals surface area contributed by atoms with Gasteiger partial charge in [0, 0.05) is 11.3 Å². The summed E-state index contributed by atoms with van der Waals surface area (Å²) in [7, 11) is -3.63. The molecule has 1 aromatic heterocycles. The maximum atomic E-state index is 12.3. The molecule has 0 saturated heterocycles. The highest BCUT2D eigenvalue weighted by atomic mass is 32.2. The van der Waals surface area contributed by atoms with Gasteiger partial charge < -0.3 is 5.11 Å². The number of nitrogens with zero attached hydrogens (tertiary/aromatic N) is 1. The minimum Gasteiger partial charge on any atom is -0.390 e. The van der Waals surface area contributed by atoms with Crippen molar-refractivity contribution < 1.29 is 13.5 Å². The summed E-state index contributed by atoms with van der Waals surface area (Å²) in [5.74, 6) is 0. The molecule has 0 amide bonds. The number of sulfonamides is 1. The van der Waals surface area contributed by atoms with Gasteiger partial charge in [-0.05, 0) is 26.0 Å². The summed E-state index contributed by atoms with van der Waals surface area (Å²) in [5, 5.41) is 15.5. The number of hydrogen-bond donors (Lipinski definition) is 3. The molecule has 6 nitrogen and oxygen atoms in total. The summed E-state index contributed by atoms with van der Waals surface area (Å²) in [6, 6.07) is 0. The van der Waals surface area contributed by atoms with E-state index in [2.05, 4.69) is 14.9 Å². The molecule has 19 heavy (non-hydrogen) atoms. The zero-order valence-corrected chi connectivity index (χ0v) is 12.7. The first-order chi connectivity index (χ1) is 8.94. The van der Waals surface area contributed by atoms with Gasteiger partial charge in [-0.15, -0.1) is 0 Å². The lowest BCUT2D eigenvalue weighted by atomic mass is 9.84. The van der Waals surface area contributed by atoms with Gasteiger partial charge in [-0.3, -0.25) is 5.10 Å². The third kappa shape index (κ3) is 2.81. The first kappa shape index (κ1) is 14.8. The van der Waals surface area contributed by atoms with E-state index in [1.165, 1.54) is 0 Å². The maximum absolute atomic E-state index is 12.3. The SMILES string of the molecule is CSC1(CNS(=O)(=O)c2c(CO)n[nH]c2C)CCC1. The van der Waals surface area contributed by atoms with Crippen molar-refractivity contribution in [3.05, 3.63) is 11.4 Å². The Balaban J connectivity index is 2.16. The van der Waals surface area contributed by atoms with Gasteiger partial charge in [0.1, 0.15) is 10.6 Å². The van der Waals surface area contributed by atoms with Gasteiger partial charge in [0.05, 0.1) is 12.3 Å². The zero-order valence-electron chi connectivity index (χ0n) is 11.1. The van der Waals surface area contributed by atoms with E-state index in [0.29, 0.717) is 12.2 Å². The van der Waals surface area contributed by atoms with E-state index in [0.717, 1.165) is 19.3 Å². The number of aliphatic hydroxyl groups excluding tert-OH is 1. The van der Waals surface area contributed by atoms with Crippen LogP contribution < -0.4 is 4.72 Å². The molecular weight excluding hydrogens is 286 g/mol. The molecule has 0 aliphatic heterocycles. The lowest BCUT2D eigenvalue weighted by Crippen LogP contribution is -2.45. The minimum absolute atomic E-state index is 0.0318. The van der Waals surface area contributed by atoms with Gasteiger partial charge in [0.25, 0.3) is 0 Å². The van der Waals surface area contributed by atoms with Crippen LogP contribution in [-0.2, 0) is 16.6 Å². The van der Waals surface area contributed by atoms with Crippen LogP contribution in [-0.4, -0.2) is 41.3 Å². The highest BCUT2D eigenvalue weighted by Crippen LogP contribution is 2.42. The smallest absolute Gasteiger partial charge is 0.244 e. The summed E-state index contributed by atoms with van der Waals surface area (Å²) in [4.78, 5) is 0.0746. The monoisotopic (exact) mass is 305 g/mol. The fraction of sp³-hybridized carbons (Fsp3) is 0.727. The number of aliphatic hydroxyl groups is 1. The van der Waals surface area contributed by atoms with E-state index >= 15 is 0 Å². The Hall–Kier alpha value is -0.570. The van der Waals surface area contributed by atoms with Crippen LogP contribution in [0.4, 0.5) is 0 Å². The third-order valence-electron chi connectivity index (χ3n) is 3.66. The topological polar surface area (TPSA) is 95.1 Å². The van der Waals surface area contributed by atoms with Crippen LogP contribution >= 0.6 is 11.8 Å². The Morgan fingerprint density at radius 1 is 1.53 bits per heavy atom. The van der Waals surface area contributed by atoms with Crippen LogP contribution in [0.5, 0.6) is 0 Å². The fourth-order valence-electron chi connectivity index (χ4n) is 2.26. The highest BCUT2D eigenvalue weighted by molar-refractivity contribution is 8.00. The lowest BCUT2D eigenvalue weighted by molar-refractivity contribution is 0.273. The van der Waals surface area contributed by atoms with Crippen LogP contribution in [0.3, 0.4) is 0 Å². The summed E-state index contributed by atoms with van der Waals surface area (Å²) >= 11 is 1.71. The predicted octanol–water partition coefficient (Wildman–Crippen LogP) is 0.774. The van der Waals surface area contributed by atoms with Crippen LogP contribution in [0.25, 0.3) is 0 Å². The third-order valence-corrected chi connectivity index (χ3v) is 6.68. The number of H-pyrrole nitrogens is 1. The molecule has 8 heteroatoms. The van der Waals surface area contributed by atoms with Crippen molar-refractivity contribution in [3.63, 3.8) is 0 Å². The van der Waals surface area contributed by atoms with E-state index in [1.807, 2.05) is 6.26 Å². The van der Waals surface area contributed by atoms with Crippen LogP contribution in [0.15, 0.2) is 4.90 Å². The number of hydrogen-bond acceptors (Lipinski definition) is 5. The predicted molar refractivity (Wildman–Crippen MR) is 74.5 cm³/mol. The fourth-order valence-corrected chi connectivity index (χ4v) is 4.74.